The Kier molecular flexibility index (Phi) is 8.12. The van der Waals surface area contributed by atoms with Gasteiger partial charge in [0.15, 0.2) is 11.6 Å². The Labute approximate surface area is 124 Å². The van der Waals surface area contributed by atoms with Crippen LogP contribution in [0.2, 0.25) is 0 Å². The Balaban J connectivity index is 2.32. The SMILES string of the molecule is CCCCOCCOC(=O)C=Cc1ccc(OC)c(F)c1. The number of methoxy groups -OCH3 is 1. The highest BCUT2D eigenvalue weighted by Crippen LogP contribution is 2.18. The van der Waals surface area contributed by atoms with Crippen LogP contribution in [0.25, 0.3) is 6.08 Å². The summed E-state index contributed by atoms with van der Waals surface area (Å²) in [5.74, 6) is -0.790. The summed E-state index contributed by atoms with van der Waals surface area (Å²) < 4.78 is 28.5. The fourth-order valence-corrected chi connectivity index (χ4v) is 1.55. The van der Waals surface area contributed by atoms with Gasteiger partial charge in [-0.1, -0.05) is 19.4 Å². The van der Waals surface area contributed by atoms with Crippen LogP contribution in [0.15, 0.2) is 24.3 Å². The van der Waals surface area contributed by atoms with E-state index in [4.69, 9.17) is 14.2 Å². The maximum atomic E-state index is 13.4. The van der Waals surface area contributed by atoms with E-state index in [2.05, 4.69) is 6.92 Å². The summed E-state index contributed by atoms with van der Waals surface area (Å²) in [7, 11) is 1.40. The smallest absolute Gasteiger partial charge is 0.330 e. The van der Waals surface area contributed by atoms with E-state index in [1.165, 1.54) is 31.4 Å². The van der Waals surface area contributed by atoms with Gasteiger partial charge in [-0.25, -0.2) is 9.18 Å². The van der Waals surface area contributed by atoms with Crippen LogP contribution in [0.5, 0.6) is 5.75 Å². The molecule has 5 heteroatoms. The van der Waals surface area contributed by atoms with Gasteiger partial charge in [-0.2, -0.15) is 0 Å². The second-order valence-corrected chi connectivity index (χ2v) is 4.36. The van der Waals surface area contributed by atoms with E-state index >= 15 is 0 Å². The molecule has 0 fully saturated rings. The standard InChI is InChI=1S/C16H21FO4/c1-3-4-9-20-10-11-21-16(18)8-6-13-5-7-15(19-2)14(17)12-13/h5-8,12H,3-4,9-11H2,1-2H3. The lowest BCUT2D eigenvalue weighted by Gasteiger charge is -2.04. The van der Waals surface area contributed by atoms with Gasteiger partial charge in [0.2, 0.25) is 0 Å². The van der Waals surface area contributed by atoms with Crippen LogP contribution >= 0.6 is 0 Å². The van der Waals surface area contributed by atoms with Crippen LogP contribution in [0.3, 0.4) is 0 Å². The first-order valence-corrected chi connectivity index (χ1v) is 6.93. The molecule has 0 heterocycles. The van der Waals surface area contributed by atoms with Gasteiger partial charge >= 0.3 is 5.97 Å². The number of unbranched alkanes of at least 4 members (excludes halogenated alkanes) is 1. The number of rotatable bonds is 9. The van der Waals surface area contributed by atoms with Gasteiger partial charge < -0.3 is 14.2 Å². The van der Waals surface area contributed by atoms with E-state index in [0.29, 0.717) is 18.8 Å². The Morgan fingerprint density at radius 1 is 1.29 bits per heavy atom. The quantitative estimate of drug-likeness (QED) is 0.399. The molecule has 1 rings (SSSR count). The van der Waals surface area contributed by atoms with E-state index in [0.717, 1.165) is 12.8 Å². The molecule has 0 aliphatic heterocycles. The van der Waals surface area contributed by atoms with E-state index in [1.807, 2.05) is 0 Å². The van der Waals surface area contributed by atoms with Crippen molar-refractivity contribution in [2.24, 2.45) is 0 Å². The summed E-state index contributed by atoms with van der Waals surface area (Å²) in [6, 6.07) is 4.44. The second kappa shape index (κ2) is 9.94. The van der Waals surface area contributed by atoms with Gasteiger partial charge in [0, 0.05) is 12.7 Å². The number of benzene rings is 1. The highest BCUT2D eigenvalue weighted by Gasteiger charge is 2.02. The minimum absolute atomic E-state index is 0.166. The number of ether oxygens (including phenoxy) is 3. The normalized spacial score (nSPS) is 10.8. The van der Waals surface area contributed by atoms with E-state index in [9.17, 15) is 9.18 Å². The van der Waals surface area contributed by atoms with Crippen molar-refractivity contribution >= 4 is 12.0 Å². The highest BCUT2D eigenvalue weighted by atomic mass is 19.1. The molecule has 0 atom stereocenters. The minimum Gasteiger partial charge on any atom is -0.494 e. The fraction of sp³-hybridized carbons (Fsp3) is 0.438. The fourth-order valence-electron chi connectivity index (χ4n) is 1.55. The van der Waals surface area contributed by atoms with Crippen molar-refractivity contribution in [3.8, 4) is 5.75 Å². The van der Waals surface area contributed by atoms with Gasteiger partial charge in [0.1, 0.15) is 6.61 Å². The molecule has 0 aliphatic carbocycles. The summed E-state index contributed by atoms with van der Waals surface area (Å²) in [6.45, 7) is 3.35. The van der Waals surface area contributed by atoms with Crippen molar-refractivity contribution in [3.63, 3.8) is 0 Å². The molecular formula is C16H21FO4. The van der Waals surface area contributed by atoms with Crippen LogP contribution < -0.4 is 4.74 Å². The number of esters is 1. The van der Waals surface area contributed by atoms with E-state index < -0.39 is 11.8 Å². The number of halogens is 1. The van der Waals surface area contributed by atoms with Crippen molar-refractivity contribution in [2.45, 2.75) is 19.8 Å². The summed E-state index contributed by atoms with van der Waals surface area (Å²) in [5, 5.41) is 0. The van der Waals surface area contributed by atoms with Crippen LogP contribution in [0.4, 0.5) is 4.39 Å². The molecule has 1 aromatic rings. The Morgan fingerprint density at radius 3 is 2.76 bits per heavy atom. The van der Waals surface area contributed by atoms with Crippen molar-refractivity contribution in [2.75, 3.05) is 26.9 Å². The average Bonchev–Trinajstić information content (AvgIpc) is 2.49. The molecule has 0 saturated carbocycles. The van der Waals surface area contributed by atoms with Crippen molar-refractivity contribution in [1.82, 2.24) is 0 Å². The number of carbonyl (C=O) groups excluding carboxylic acids is 1. The first kappa shape index (κ1) is 17.2. The molecular weight excluding hydrogens is 275 g/mol. The number of hydrogen-bond acceptors (Lipinski definition) is 4. The lowest BCUT2D eigenvalue weighted by Crippen LogP contribution is -2.09. The summed E-state index contributed by atoms with van der Waals surface area (Å²) in [5.41, 5.74) is 0.560. The Bertz CT molecular complexity index is 471. The van der Waals surface area contributed by atoms with E-state index in [-0.39, 0.29) is 12.4 Å². The predicted octanol–water partition coefficient (Wildman–Crippen LogP) is 3.21. The molecule has 21 heavy (non-hydrogen) atoms. The van der Waals surface area contributed by atoms with Gasteiger partial charge in [-0.15, -0.1) is 0 Å². The maximum Gasteiger partial charge on any atom is 0.330 e. The first-order chi connectivity index (χ1) is 10.2. The third-order valence-electron chi connectivity index (χ3n) is 2.70. The Morgan fingerprint density at radius 2 is 2.10 bits per heavy atom. The molecule has 0 radical (unpaired) electrons. The van der Waals surface area contributed by atoms with Gasteiger partial charge in [-0.3, -0.25) is 0 Å². The zero-order valence-corrected chi connectivity index (χ0v) is 12.4. The molecule has 0 saturated heterocycles. The van der Waals surface area contributed by atoms with Crippen molar-refractivity contribution in [3.05, 3.63) is 35.7 Å². The topological polar surface area (TPSA) is 44.8 Å². The molecule has 0 amide bonds. The van der Waals surface area contributed by atoms with Gasteiger partial charge in [0.05, 0.1) is 13.7 Å². The third-order valence-corrected chi connectivity index (χ3v) is 2.70. The molecule has 0 N–H and O–H groups in total. The highest BCUT2D eigenvalue weighted by molar-refractivity contribution is 5.87. The lowest BCUT2D eigenvalue weighted by atomic mass is 10.2. The van der Waals surface area contributed by atoms with Crippen LogP contribution in [-0.4, -0.2) is 32.9 Å². The zero-order valence-electron chi connectivity index (χ0n) is 12.4. The second-order valence-electron chi connectivity index (χ2n) is 4.36. The zero-order chi connectivity index (χ0) is 15.5. The molecule has 116 valence electrons. The van der Waals surface area contributed by atoms with E-state index in [1.54, 1.807) is 6.07 Å². The largest absolute Gasteiger partial charge is 0.494 e. The monoisotopic (exact) mass is 296 g/mol. The average molecular weight is 296 g/mol. The third kappa shape index (κ3) is 6.90. The summed E-state index contributed by atoms with van der Waals surface area (Å²) in [6.07, 6.45) is 4.81. The maximum absolute atomic E-state index is 13.4. The van der Waals surface area contributed by atoms with Crippen molar-refractivity contribution in [1.29, 1.82) is 0 Å². The summed E-state index contributed by atoms with van der Waals surface area (Å²) >= 11 is 0. The molecule has 1 aromatic carbocycles. The van der Waals surface area contributed by atoms with Gasteiger partial charge in [0.25, 0.3) is 0 Å². The molecule has 0 aliphatic rings. The predicted molar refractivity (Wildman–Crippen MR) is 78.7 cm³/mol. The summed E-state index contributed by atoms with van der Waals surface area (Å²) in [4.78, 5) is 11.4. The first-order valence-electron chi connectivity index (χ1n) is 6.93. The number of carbonyl (C=O) groups is 1. The molecule has 0 spiro atoms. The number of hydrogen-bond donors (Lipinski definition) is 0. The van der Waals surface area contributed by atoms with Crippen LogP contribution in [-0.2, 0) is 14.3 Å². The van der Waals surface area contributed by atoms with Crippen LogP contribution in [0, 0.1) is 5.82 Å². The minimum atomic E-state index is -0.481. The molecule has 4 nitrogen and oxygen atoms in total. The van der Waals surface area contributed by atoms with Gasteiger partial charge in [-0.05, 0) is 30.2 Å². The van der Waals surface area contributed by atoms with Crippen molar-refractivity contribution < 1.29 is 23.4 Å². The molecule has 0 unspecified atom stereocenters. The molecule has 0 bridgehead atoms. The Hall–Kier alpha value is -1.88. The lowest BCUT2D eigenvalue weighted by molar-refractivity contribution is -0.139. The molecule has 0 aromatic heterocycles. The van der Waals surface area contributed by atoms with Crippen LogP contribution in [0.1, 0.15) is 25.3 Å².